The van der Waals surface area contributed by atoms with Gasteiger partial charge >= 0.3 is 6.03 Å². The van der Waals surface area contributed by atoms with Gasteiger partial charge in [-0.1, -0.05) is 18.2 Å². The summed E-state index contributed by atoms with van der Waals surface area (Å²) in [6.07, 6.45) is 2.63. The van der Waals surface area contributed by atoms with Gasteiger partial charge in [0.25, 0.3) is 0 Å². The number of para-hydroxylation sites is 2. The molecule has 1 aromatic heterocycles. The van der Waals surface area contributed by atoms with Crippen molar-refractivity contribution < 1.29 is 14.3 Å². The fraction of sp³-hybridized carbons (Fsp3) is 0.391. The predicted octanol–water partition coefficient (Wildman–Crippen LogP) is 3.68. The Kier molecular flexibility index (Phi) is 5.79. The van der Waals surface area contributed by atoms with E-state index in [2.05, 4.69) is 16.0 Å². The van der Waals surface area contributed by atoms with Crippen LogP contribution >= 0.6 is 0 Å². The number of carbonyl (C=O) groups excluding carboxylic acids is 1. The molecule has 30 heavy (non-hydrogen) atoms. The smallest absolute Gasteiger partial charge is 0.318 e. The molecule has 158 valence electrons. The summed E-state index contributed by atoms with van der Waals surface area (Å²) in [7, 11) is 5.27. The molecule has 0 saturated carbocycles. The number of amides is 2. The fourth-order valence-electron chi connectivity index (χ4n) is 4.19. The number of benzene rings is 2. The molecule has 0 bridgehead atoms. The Hall–Kier alpha value is -3.22. The molecule has 0 aliphatic carbocycles. The summed E-state index contributed by atoms with van der Waals surface area (Å²) in [6, 6.07) is 13.9. The molecule has 2 aromatic carbocycles. The molecule has 0 radical (unpaired) electrons. The molecule has 1 saturated heterocycles. The second-order valence-electron chi connectivity index (χ2n) is 7.54. The van der Waals surface area contributed by atoms with Crippen LogP contribution in [0.5, 0.6) is 11.5 Å². The number of aromatic nitrogens is 2. The van der Waals surface area contributed by atoms with Gasteiger partial charge in [0.2, 0.25) is 0 Å². The Balaban J connectivity index is 1.41. The van der Waals surface area contributed by atoms with E-state index in [1.807, 2.05) is 48.3 Å². The lowest BCUT2D eigenvalue weighted by Crippen LogP contribution is -2.40. The first-order chi connectivity index (χ1) is 14.6. The minimum Gasteiger partial charge on any atom is -0.493 e. The van der Waals surface area contributed by atoms with Gasteiger partial charge in [0.15, 0.2) is 11.5 Å². The minimum atomic E-state index is -0.0370. The van der Waals surface area contributed by atoms with Crippen LogP contribution in [0.2, 0.25) is 0 Å². The lowest BCUT2D eigenvalue weighted by molar-refractivity contribution is 0.190. The molecule has 0 unspecified atom stereocenters. The molecule has 7 heteroatoms. The summed E-state index contributed by atoms with van der Waals surface area (Å²) in [5.74, 6) is 2.35. The van der Waals surface area contributed by atoms with Gasteiger partial charge in [-0.3, -0.25) is 0 Å². The summed E-state index contributed by atoms with van der Waals surface area (Å²) in [5.41, 5.74) is 3.14. The average Bonchev–Trinajstić information content (AvgIpc) is 3.38. The second-order valence-corrected chi connectivity index (χ2v) is 7.54. The van der Waals surface area contributed by atoms with Crippen LogP contribution in [0.1, 0.15) is 30.3 Å². The standard InChI is InChI=1S/C23H28N4O3/c1-26-18-8-5-4-7-17(18)25-22(26)19-9-6-14-27(19)23(28)24-13-12-16-10-11-20(29-2)21(15-16)30-3/h4-5,7-8,10-11,15,19H,6,9,12-14H2,1-3H3,(H,24,28)/t19-/m0/s1. The lowest BCUT2D eigenvalue weighted by Gasteiger charge is -2.24. The second kappa shape index (κ2) is 8.65. The van der Waals surface area contributed by atoms with E-state index in [0.717, 1.165) is 48.2 Å². The maximum Gasteiger partial charge on any atom is 0.318 e. The highest BCUT2D eigenvalue weighted by molar-refractivity contribution is 5.77. The van der Waals surface area contributed by atoms with Gasteiger partial charge in [-0.05, 0) is 49.1 Å². The zero-order valence-corrected chi connectivity index (χ0v) is 17.7. The number of rotatable bonds is 6. The number of imidazole rings is 1. The first kappa shape index (κ1) is 20.1. The van der Waals surface area contributed by atoms with E-state index in [1.165, 1.54) is 0 Å². The first-order valence-electron chi connectivity index (χ1n) is 10.3. The zero-order valence-electron chi connectivity index (χ0n) is 17.7. The number of nitrogens with one attached hydrogen (secondary N) is 1. The van der Waals surface area contributed by atoms with E-state index in [0.29, 0.717) is 18.0 Å². The van der Waals surface area contributed by atoms with Crippen LogP contribution in [0.3, 0.4) is 0 Å². The molecule has 0 spiro atoms. The van der Waals surface area contributed by atoms with Crippen molar-refractivity contribution in [3.8, 4) is 11.5 Å². The summed E-state index contributed by atoms with van der Waals surface area (Å²) in [6.45, 7) is 1.30. The van der Waals surface area contributed by atoms with Gasteiger partial charge in [-0.2, -0.15) is 0 Å². The third kappa shape index (κ3) is 3.79. The number of hydrogen-bond donors (Lipinski definition) is 1. The first-order valence-corrected chi connectivity index (χ1v) is 10.3. The van der Waals surface area contributed by atoms with Gasteiger partial charge < -0.3 is 24.3 Å². The molecule has 4 rings (SSSR count). The van der Waals surface area contributed by atoms with Crippen LogP contribution in [0.25, 0.3) is 11.0 Å². The Morgan fingerprint density at radius 3 is 2.73 bits per heavy atom. The molecular formula is C23H28N4O3. The molecule has 2 amide bonds. The van der Waals surface area contributed by atoms with Crippen LogP contribution in [-0.2, 0) is 13.5 Å². The third-order valence-corrected chi connectivity index (χ3v) is 5.77. The highest BCUT2D eigenvalue weighted by Gasteiger charge is 2.33. The number of aryl methyl sites for hydroxylation is 1. The maximum absolute atomic E-state index is 12.9. The van der Waals surface area contributed by atoms with E-state index in [4.69, 9.17) is 14.5 Å². The summed E-state index contributed by atoms with van der Waals surface area (Å²) in [5, 5.41) is 3.07. The van der Waals surface area contributed by atoms with Crippen LogP contribution in [0.4, 0.5) is 4.79 Å². The Morgan fingerprint density at radius 1 is 1.17 bits per heavy atom. The van der Waals surface area contributed by atoms with E-state index in [1.54, 1.807) is 14.2 Å². The van der Waals surface area contributed by atoms with Crippen LogP contribution in [0.15, 0.2) is 42.5 Å². The minimum absolute atomic E-state index is 0.00322. The fourth-order valence-corrected chi connectivity index (χ4v) is 4.19. The molecule has 1 fully saturated rings. The molecule has 1 N–H and O–H groups in total. The monoisotopic (exact) mass is 408 g/mol. The third-order valence-electron chi connectivity index (χ3n) is 5.77. The Labute approximate surface area is 176 Å². The van der Waals surface area contributed by atoms with E-state index in [9.17, 15) is 4.79 Å². The van der Waals surface area contributed by atoms with Crippen molar-refractivity contribution in [2.45, 2.75) is 25.3 Å². The Bertz CT molecular complexity index is 1050. The number of ether oxygens (including phenoxy) is 2. The van der Waals surface area contributed by atoms with Crippen LogP contribution in [-0.4, -0.2) is 47.8 Å². The number of hydrogen-bond acceptors (Lipinski definition) is 4. The van der Waals surface area contributed by atoms with Crippen molar-refractivity contribution in [3.05, 3.63) is 53.9 Å². The maximum atomic E-state index is 12.9. The van der Waals surface area contributed by atoms with Crippen molar-refractivity contribution in [1.82, 2.24) is 19.8 Å². The van der Waals surface area contributed by atoms with Gasteiger partial charge in [0, 0.05) is 20.1 Å². The number of fused-ring (bicyclic) bond motifs is 1. The van der Waals surface area contributed by atoms with E-state index >= 15 is 0 Å². The van der Waals surface area contributed by atoms with Gasteiger partial charge in [0.05, 0.1) is 31.3 Å². The molecule has 1 atom stereocenters. The topological polar surface area (TPSA) is 68.6 Å². The largest absolute Gasteiger partial charge is 0.493 e. The average molecular weight is 409 g/mol. The SMILES string of the molecule is COc1ccc(CCNC(=O)N2CCC[C@H]2c2nc3ccccc3n2C)cc1OC. The number of likely N-dealkylation sites (tertiary alicyclic amines) is 1. The molecule has 7 nitrogen and oxygen atoms in total. The normalized spacial score (nSPS) is 16.1. The summed E-state index contributed by atoms with van der Waals surface area (Å²) < 4.78 is 12.7. The lowest BCUT2D eigenvalue weighted by atomic mass is 10.1. The van der Waals surface area contributed by atoms with Crippen LogP contribution in [0, 0.1) is 0 Å². The molecule has 2 heterocycles. The molecule has 1 aliphatic rings. The van der Waals surface area contributed by atoms with E-state index < -0.39 is 0 Å². The molecular weight excluding hydrogens is 380 g/mol. The van der Waals surface area contributed by atoms with Gasteiger partial charge in [-0.25, -0.2) is 9.78 Å². The van der Waals surface area contributed by atoms with Gasteiger partial charge in [-0.15, -0.1) is 0 Å². The molecule has 1 aliphatic heterocycles. The van der Waals surface area contributed by atoms with Crippen molar-refractivity contribution in [2.24, 2.45) is 7.05 Å². The van der Waals surface area contributed by atoms with Crippen molar-refractivity contribution in [2.75, 3.05) is 27.3 Å². The van der Waals surface area contributed by atoms with Gasteiger partial charge in [0.1, 0.15) is 5.82 Å². The zero-order chi connectivity index (χ0) is 21.1. The number of urea groups is 1. The predicted molar refractivity (Wildman–Crippen MR) is 116 cm³/mol. The van der Waals surface area contributed by atoms with E-state index in [-0.39, 0.29) is 12.1 Å². The number of carbonyl (C=O) groups is 1. The summed E-state index contributed by atoms with van der Waals surface area (Å²) >= 11 is 0. The highest BCUT2D eigenvalue weighted by Crippen LogP contribution is 2.33. The Morgan fingerprint density at radius 2 is 1.97 bits per heavy atom. The number of nitrogens with zero attached hydrogens (tertiary/aromatic N) is 3. The molecule has 3 aromatic rings. The van der Waals surface area contributed by atoms with Crippen molar-refractivity contribution in [3.63, 3.8) is 0 Å². The highest BCUT2D eigenvalue weighted by atomic mass is 16.5. The van der Waals surface area contributed by atoms with Crippen molar-refractivity contribution >= 4 is 17.1 Å². The van der Waals surface area contributed by atoms with Crippen LogP contribution < -0.4 is 14.8 Å². The van der Waals surface area contributed by atoms with Crippen molar-refractivity contribution in [1.29, 1.82) is 0 Å². The summed E-state index contributed by atoms with van der Waals surface area (Å²) in [4.78, 5) is 19.6. The quantitative estimate of drug-likeness (QED) is 0.676. The number of methoxy groups -OCH3 is 2.